The van der Waals surface area contributed by atoms with Gasteiger partial charge >= 0.3 is 12.1 Å². The molecule has 0 bridgehead atoms. The zero-order valence-electron chi connectivity index (χ0n) is 11.8. The van der Waals surface area contributed by atoms with Crippen LogP contribution in [0.4, 0.5) is 4.79 Å². The third-order valence-corrected chi connectivity index (χ3v) is 2.76. The summed E-state index contributed by atoms with van der Waals surface area (Å²) in [5, 5.41) is 21.4. The van der Waals surface area contributed by atoms with Gasteiger partial charge < -0.3 is 20.3 Å². The van der Waals surface area contributed by atoms with E-state index in [1.807, 2.05) is 0 Å². The Morgan fingerprint density at radius 2 is 2.00 bits per heavy atom. The van der Waals surface area contributed by atoms with Crippen LogP contribution < -0.4 is 5.32 Å². The van der Waals surface area contributed by atoms with Crippen LogP contribution in [0.5, 0.6) is 0 Å². The number of ether oxygens (including phenoxy) is 1. The molecule has 21 heavy (non-hydrogen) atoms. The molecule has 0 aliphatic carbocycles. The quantitative estimate of drug-likeness (QED) is 0.755. The van der Waals surface area contributed by atoms with Crippen molar-refractivity contribution < 1.29 is 24.5 Å². The SMILES string of the molecule is CC(C)(C)OC(=O)N[C@H](C(=O)O)[C@H](O)c1cncc(Br)c1. The molecule has 3 N–H and O–H groups in total. The van der Waals surface area contributed by atoms with Crippen LogP contribution >= 0.6 is 15.9 Å². The van der Waals surface area contributed by atoms with Crippen LogP contribution in [0.15, 0.2) is 22.9 Å². The van der Waals surface area contributed by atoms with Gasteiger partial charge in [0.15, 0.2) is 6.04 Å². The van der Waals surface area contributed by atoms with Crippen molar-refractivity contribution in [3.63, 3.8) is 0 Å². The highest BCUT2D eigenvalue weighted by Crippen LogP contribution is 2.20. The first kappa shape index (κ1) is 17.4. The zero-order valence-corrected chi connectivity index (χ0v) is 13.4. The van der Waals surface area contributed by atoms with E-state index in [-0.39, 0.29) is 5.56 Å². The topological polar surface area (TPSA) is 109 Å². The second-order valence-electron chi connectivity index (χ2n) is 5.34. The number of amides is 1. The Morgan fingerprint density at radius 3 is 2.48 bits per heavy atom. The average molecular weight is 361 g/mol. The van der Waals surface area contributed by atoms with Gasteiger partial charge in [0, 0.05) is 22.4 Å². The number of nitrogens with one attached hydrogen (secondary N) is 1. The summed E-state index contributed by atoms with van der Waals surface area (Å²) in [4.78, 5) is 26.7. The van der Waals surface area contributed by atoms with Gasteiger partial charge in [-0.25, -0.2) is 9.59 Å². The minimum atomic E-state index is -1.55. The van der Waals surface area contributed by atoms with Crippen molar-refractivity contribution in [1.82, 2.24) is 10.3 Å². The van der Waals surface area contributed by atoms with Crippen LogP contribution in [0.2, 0.25) is 0 Å². The molecule has 8 heteroatoms. The number of carboxylic acids is 1. The molecule has 2 atom stereocenters. The Bertz CT molecular complexity index is 530. The molecule has 0 aromatic carbocycles. The molecule has 1 rings (SSSR count). The summed E-state index contributed by atoms with van der Waals surface area (Å²) in [5.41, 5.74) is -0.511. The first-order chi connectivity index (χ1) is 9.60. The number of nitrogens with zero attached hydrogens (tertiary/aromatic N) is 1. The van der Waals surface area contributed by atoms with Gasteiger partial charge in [-0.05, 0) is 42.8 Å². The highest BCUT2D eigenvalue weighted by molar-refractivity contribution is 9.10. The maximum atomic E-state index is 11.6. The maximum Gasteiger partial charge on any atom is 0.408 e. The molecule has 1 amide bonds. The maximum absolute atomic E-state index is 11.6. The van der Waals surface area contributed by atoms with Crippen molar-refractivity contribution in [2.75, 3.05) is 0 Å². The normalized spacial score (nSPS) is 14.1. The van der Waals surface area contributed by atoms with E-state index in [4.69, 9.17) is 9.84 Å². The molecule has 0 fully saturated rings. The number of pyridine rings is 1. The van der Waals surface area contributed by atoms with Crippen molar-refractivity contribution in [1.29, 1.82) is 0 Å². The molecule has 0 radical (unpaired) electrons. The lowest BCUT2D eigenvalue weighted by atomic mass is 10.0. The van der Waals surface area contributed by atoms with Crippen LogP contribution in [0.1, 0.15) is 32.4 Å². The Hall–Kier alpha value is -1.67. The summed E-state index contributed by atoms with van der Waals surface area (Å²) >= 11 is 3.17. The third-order valence-electron chi connectivity index (χ3n) is 2.32. The number of aliphatic hydroxyl groups is 1. The second kappa shape index (κ2) is 6.86. The monoisotopic (exact) mass is 360 g/mol. The molecule has 0 spiro atoms. The van der Waals surface area contributed by atoms with Crippen LogP contribution in [-0.2, 0) is 9.53 Å². The molecular weight excluding hydrogens is 344 g/mol. The molecule has 0 aliphatic heterocycles. The standard InChI is InChI=1S/C13H17BrN2O5/c1-13(2,3)21-12(20)16-9(11(18)19)10(17)7-4-8(14)6-15-5-7/h4-6,9-10,17H,1-3H3,(H,16,20)(H,18,19)/t9-,10+/m0/s1. The highest BCUT2D eigenvalue weighted by atomic mass is 79.9. The number of hydrogen-bond donors (Lipinski definition) is 3. The fourth-order valence-electron chi connectivity index (χ4n) is 1.49. The van der Waals surface area contributed by atoms with Crippen molar-refractivity contribution in [3.05, 3.63) is 28.5 Å². The van der Waals surface area contributed by atoms with E-state index in [0.717, 1.165) is 0 Å². The second-order valence-corrected chi connectivity index (χ2v) is 6.26. The number of hydrogen-bond acceptors (Lipinski definition) is 5. The Morgan fingerprint density at radius 1 is 1.38 bits per heavy atom. The van der Waals surface area contributed by atoms with E-state index in [1.54, 1.807) is 20.8 Å². The molecular formula is C13H17BrN2O5. The predicted molar refractivity (Wildman–Crippen MR) is 77.7 cm³/mol. The summed E-state index contributed by atoms with van der Waals surface area (Å²) in [7, 11) is 0. The van der Waals surface area contributed by atoms with Crippen molar-refractivity contribution >= 4 is 28.0 Å². The molecule has 0 unspecified atom stereocenters. The minimum Gasteiger partial charge on any atom is -0.480 e. The summed E-state index contributed by atoms with van der Waals surface area (Å²) in [6.45, 7) is 4.95. The van der Waals surface area contributed by atoms with Gasteiger partial charge in [0.25, 0.3) is 0 Å². The van der Waals surface area contributed by atoms with Gasteiger partial charge in [-0.15, -0.1) is 0 Å². The number of carboxylic acid groups (broad SMARTS) is 1. The third kappa shape index (κ3) is 5.68. The van der Waals surface area contributed by atoms with E-state index in [2.05, 4.69) is 26.2 Å². The fourth-order valence-corrected chi connectivity index (χ4v) is 1.88. The molecule has 116 valence electrons. The summed E-state index contributed by atoms with van der Waals surface area (Å²) in [6.07, 6.45) is 0.437. The van der Waals surface area contributed by atoms with E-state index in [0.29, 0.717) is 4.47 Å². The number of carbonyl (C=O) groups is 2. The number of aromatic nitrogens is 1. The Labute approximate surface area is 130 Å². The number of halogens is 1. The molecule has 7 nitrogen and oxygen atoms in total. The zero-order chi connectivity index (χ0) is 16.2. The number of rotatable bonds is 4. The van der Waals surface area contributed by atoms with Gasteiger partial charge in [-0.2, -0.15) is 0 Å². The summed E-state index contributed by atoms with van der Waals surface area (Å²) < 4.78 is 5.56. The molecule has 1 aromatic rings. The molecule has 1 aromatic heterocycles. The molecule has 0 aliphatic rings. The van der Waals surface area contributed by atoms with E-state index in [1.165, 1.54) is 18.5 Å². The fraction of sp³-hybridized carbons (Fsp3) is 0.462. The summed E-state index contributed by atoms with van der Waals surface area (Å²) in [5.74, 6) is -1.38. The van der Waals surface area contributed by atoms with E-state index in [9.17, 15) is 14.7 Å². The smallest absolute Gasteiger partial charge is 0.408 e. The van der Waals surface area contributed by atoms with Crippen LogP contribution in [-0.4, -0.2) is 38.9 Å². The van der Waals surface area contributed by atoms with E-state index >= 15 is 0 Å². The van der Waals surface area contributed by atoms with Crippen LogP contribution in [0, 0.1) is 0 Å². The first-order valence-electron chi connectivity index (χ1n) is 6.11. The van der Waals surface area contributed by atoms with Crippen LogP contribution in [0.3, 0.4) is 0 Å². The minimum absolute atomic E-state index is 0.257. The Balaban J connectivity index is 2.87. The summed E-state index contributed by atoms with van der Waals surface area (Å²) in [6, 6.07) is -0.0272. The van der Waals surface area contributed by atoms with Crippen molar-refractivity contribution in [2.24, 2.45) is 0 Å². The predicted octanol–water partition coefficient (Wildman–Crippen LogP) is 1.86. The largest absolute Gasteiger partial charge is 0.480 e. The lowest BCUT2D eigenvalue weighted by Gasteiger charge is -2.24. The van der Waals surface area contributed by atoms with Gasteiger partial charge in [0.05, 0.1) is 0 Å². The van der Waals surface area contributed by atoms with Crippen LogP contribution in [0.25, 0.3) is 0 Å². The number of aliphatic carboxylic acids is 1. The van der Waals surface area contributed by atoms with Crippen molar-refractivity contribution in [3.8, 4) is 0 Å². The molecule has 0 saturated heterocycles. The van der Waals surface area contributed by atoms with Gasteiger partial charge in [0.1, 0.15) is 11.7 Å². The van der Waals surface area contributed by atoms with Gasteiger partial charge in [-0.1, -0.05) is 0 Å². The van der Waals surface area contributed by atoms with Gasteiger partial charge in [-0.3, -0.25) is 4.98 Å². The average Bonchev–Trinajstić information content (AvgIpc) is 2.32. The van der Waals surface area contributed by atoms with Crippen molar-refractivity contribution in [2.45, 2.75) is 38.5 Å². The molecule has 1 heterocycles. The van der Waals surface area contributed by atoms with Gasteiger partial charge in [0.2, 0.25) is 0 Å². The molecule has 0 saturated carbocycles. The number of alkyl carbamates (subject to hydrolysis) is 1. The van der Waals surface area contributed by atoms with E-state index < -0.39 is 29.8 Å². The lowest BCUT2D eigenvalue weighted by molar-refractivity contribution is -0.142. The Kier molecular flexibility index (Phi) is 5.68. The number of aliphatic hydroxyl groups excluding tert-OH is 1. The highest BCUT2D eigenvalue weighted by Gasteiger charge is 2.31. The number of carbonyl (C=O) groups excluding carboxylic acids is 1. The first-order valence-corrected chi connectivity index (χ1v) is 6.90. The lowest BCUT2D eigenvalue weighted by Crippen LogP contribution is -2.46.